The van der Waals surface area contributed by atoms with Crippen LogP contribution < -0.4 is 10.1 Å². The van der Waals surface area contributed by atoms with Gasteiger partial charge in [-0.15, -0.1) is 0 Å². The number of amides is 1. The minimum Gasteiger partial charge on any atom is -0.457 e. The van der Waals surface area contributed by atoms with Crippen LogP contribution in [0.5, 0.6) is 11.5 Å². The molecule has 170 valence electrons. The lowest BCUT2D eigenvalue weighted by Gasteiger charge is -2.32. The third kappa shape index (κ3) is 5.14. The number of carbonyl (C=O) groups excluding carboxylic acids is 1. The number of nitrogens with one attached hydrogen (secondary N) is 1. The Kier molecular flexibility index (Phi) is 6.21. The van der Waals surface area contributed by atoms with Crippen LogP contribution in [0.4, 0.5) is 0 Å². The van der Waals surface area contributed by atoms with Crippen LogP contribution in [-0.4, -0.2) is 58.8 Å². The lowest BCUT2D eigenvalue weighted by atomic mass is 10.1. The SMILES string of the molecule is CC(=O)NC1CCN(CCn2cnc3cc(Oc4ccc(C5=CC=NC5)cc4)ccc32)CC1. The molecule has 2 aliphatic heterocycles. The van der Waals surface area contributed by atoms with Gasteiger partial charge in [0.2, 0.25) is 5.91 Å². The molecule has 7 heteroatoms. The van der Waals surface area contributed by atoms with Gasteiger partial charge in [-0.3, -0.25) is 9.79 Å². The number of rotatable bonds is 7. The molecule has 1 aromatic heterocycles. The molecule has 0 bridgehead atoms. The van der Waals surface area contributed by atoms with Crippen molar-refractivity contribution >= 4 is 28.7 Å². The van der Waals surface area contributed by atoms with Crippen molar-refractivity contribution in [2.75, 3.05) is 26.2 Å². The van der Waals surface area contributed by atoms with Crippen molar-refractivity contribution in [2.45, 2.75) is 32.4 Å². The third-order valence-corrected chi connectivity index (χ3v) is 6.35. The van der Waals surface area contributed by atoms with Crippen molar-refractivity contribution in [1.82, 2.24) is 19.8 Å². The second kappa shape index (κ2) is 9.58. The zero-order chi connectivity index (χ0) is 22.6. The lowest BCUT2D eigenvalue weighted by molar-refractivity contribution is -0.119. The number of allylic oxidation sites excluding steroid dienone is 1. The number of piperidine rings is 1. The summed E-state index contributed by atoms with van der Waals surface area (Å²) >= 11 is 0. The van der Waals surface area contributed by atoms with Crippen LogP contribution in [0.2, 0.25) is 0 Å². The van der Waals surface area contributed by atoms with Gasteiger partial charge in [-0.2, -0.15) is 0 Å². The Morgan fingerprint density at radius 2 is 1.88 bits per heavy atom. The molecule has 1 fully saturated rings. The summed E-state index contributed by atoms with van der Waals surface area (Å²) in [6, 6.07) is 14.5. The van der Waals surface area contributed by atoms with Gasteiger partial charge < -0.3 is 19.5 Å². The van der Waals surface area contributed by atoms with Crippen molar-refractivity contribution in [3.63, 3.8) is 0 Å². The quantitative estimate of drug-likeness (QED) is 0.601. The maximum absolute atomic E-state index is 11.2. The number of likely N-dealkylation sites (tertiary alicyclic amines) is 1. The van der Waals surface area contributed by atoms with Gasteiger partial charge in [-0.1, -0.05) is 12.1 Å². The number of ether oxygens (including phenoxy) is 1. The van der Waals surface area contributed by atoms with Crippen LogP contribution in [0, 0.1) is 0 Å². The third-order valence-electron chi connectivity index (χ3n) is 6.35. The average molecular weight is 444 g/mol. The first-order valence-corrected chi connectivity index (χ1v) is 11.6. The number of nitrogens with zero attached hydrogens (tertiary/aromatic N) is 4. The Labute approximate surface area is 193 Å². The predicted molar refractivity (Wildman–Crippen MR) is 131 cm³/mol. The van der Waals surface area contributed by atoms with E-state index in [0.29, 0.717) is 6.04 Å². The van der Waals surface area contributed by atoms with E-state index in [2.05, 4.69) is 43.0 Å². The number of benzene rings is 2. The molecule has 2 aliphatic rings. The van der Waals surface area contributed by atoms with Crippen LogP contribution in [-0.2, 0) is 11.3 Å². The van der Waals surface area contributed by atoms with Crippen LogP contribution >= 0.6 is 0 Å². The number of aromatic nitrogens is 2. The molecule has 3 aromatic rings. The molecule has 2 aromatic carbocycles. The summed E-state index contributed by atoms with van der Waals surface area (Å²) in [5.74, 6) is 1.65. The predicted octanol–water partition coefficient (Wildman–Crippen LogP) is 3.90. The fourth-order valence-corrected chi connectivity index (χ4v) is 4.53. The second-order valence-electron chi connectivity index (χ2n) is 8.71. The number of carbonyl (C=O) groups is 1. The van der Waals surface area contributed by atoms with Gasteiger partial charge >= 0.3 is 0 Å². The van der Waals surface area contributed by atoms with Crippen molar-refractivity contribution in [3.05, 3.63) is 60.4 Å². The molecular formula is C26H29N5O2. The summed E-state index contributed by atoms with van der Waals surface area (Å²) in [5.41, 5.74) is 4.44. The number of aliphatic imine (C=N–C) groups is 1. The number of fused-ring (bicyclic) bond motifs is 1. The van der Waals surface area contributed by atoms with Crippen molar-refractivity contribution in [3.8, 4) is 11.5 Å². The maximum Gasteiger partial charge on any atom is 0.217 e. The minimum absolute atomic E-state index is 0.0653. The zero-order valence-electron chi connectivity index (χ0n) is 18.9. The normalized spacial score (nSPS) is 16.8. The number of imidazole rings is 1. The van der Waals surface area contributed by atoms with Crippen molar-refractivity contribution < 1.29 is 9.53 Å². The molecule has 1 N–H and O–H groups in total. The molecule has 0 saturated carbocycles. The van der Waals surface area contributed by atoms with Crippen molar-refractivity contribution in [1.29, 1.82) is 0 Å². The van der Waals surface area contributed by atoms with E-state index in [1.54, 1.807) is 6.92 Å². The smallest absolute Gasteiger partial charge is 0.217 e. The van der Waals surface area contributed by atoms with E-state index >= 15 is 0 Å². The molecule has 0 atom stereocenters. The second-order valence-corrected chi connectivity index (χ2v) is 8.71. The van der Waals surface area contributed by atoms with E-state index < -0.39 is 0 Å². The zero-order valence-corrected chi connectivity index (χ0v) is 18.9. The molecular weight excluding hydrogens is 414 g/mol. The summed E-state index contributed by atoms with van der Waals surface area (Å²) in [6.07, 6.45) is 7.83. The fraction of sp³-hybridized carbons (Fsp3) is 0.346. The average Bonchev–Trinajstić information content (AvgIpc) is 3.49. The highest BCUT2D eigenvalue weighted by Gasteiger charge is 2.19. The number of hydrogen-bond donors (Lipinski definition) is 1. The van der Waals surface area contributed by atoms with E-state index in [4.69, 9.17) is 4.74 Å². The van der Waals surface area contributed by atoms with Gasteiger partial charge in [0, 0.05) is 51.4 Å². The molecule has 3 heterocycles. The molecule has 33 heavy (non-hydrogen) atoms. The summed E-state index contributed by atoms with van der Waals surface area (Å²) in [7, 11) is 0. The van der Waals surface area contributed by atoms with Crippen molar-refractivity contribution in [2.24, 2.45) is 4.99 Å². The van der Waals surface area contributed by atoms with Gasteiger partial charge in [-0.25, -0.2) is 4.98 Å². The van der Waals surface area contributed by atoms with E-state index in [0.717, 1.165) is 68.1 Å². The van der Waals surface area contributed by atoms with Gasteiger partial charge in [0.1, 0.15) is 11.5 Å². The first-order valence-electron chi connectivity index (χ1n) is 11.6. The summed E-state index contributed by atoms with van der Waals surface area (Å²) in [4.78, 5) is 22.5. The van der Waals surface area contributed by atoms with Crippen LogP contribution in [0.15, 0.2) is 59.9 Å². The van der Waals surface area contributed by atoms with Gasteiger partial charge in [0.15, 0.2) is 0 Å². The van der Waals surface area contributed by atoms with E-state index in [1.807, 2.05) is 42.9 Å². The molecule has 7 nitrogen and oxygen atoms in total. The highest BCUT2D eigenvalue weighted by Crippen LogP contribution is 2.27. The van der Waals surface area contributed by atoms with Crippen LogP contribution in [0.3, 0.4) is 0 Å². The highest BCUT2D eigenvalue weighted by atomic mass is 16.5. The molecule has 5 rings (SSSR count). The molecule has 0 spiro atoms. The standard InChI is InChI=1S/C26H29N5O2/c1-19(32)29-22-9-12-30(13-10-22)14-15-31-18-28-25-16-24(6-7-26(25)31)33-23-4-2-20(3-5-23)21-8-11-27-17-21/h2-8,11,16,18,22H,9-10,12-15,17H2,1H3,(H,29,32). The molecule has 1 saturated heterocycles. The van der Waals surface area contributed by atoms with Gasteiger partial charge in [0.05, 0.1) is 23.9 Å². The Morgan fingerprint density at radius 3 is 2.61 bits per heavy atom. The number of hydrogen-bond acceptors (Lipinski definition) is 5. The topological polar surface area (TPSA) is 71.8 Å². The summed E-state index contributed by atoms with van der Waals surface area (Å²) < 4.78 is 8.27. The first kappa shape index (κ1) is 21.4. The molecule has 0 unspecified atom stereocenters. The van der Waals surface area contributed by atoms with Crippen LogP contribution in [0.25, 0.3) is 16.6 Å². The van der Waals surface area contributed by atoms with E-state index in [-0.39, 0.29) is 5.91 Å². The lowest BCUT2D eigenvalue weighted by Crippen LogP contribution is -2.44. The Balaban J connectivity index is 1.17. The minimum atomic E-state index is 0.0653. The van der Waals surface area contributed by atoms with Gasteiger partial charge in [-0.05, 0) is 54.3 Å². The highest BCUT2D eigenvalue weighted by molar-refractivity contribution is 5.89. The van der Waals surface area contributed by atoms with E-state index in [1.165, 1.54) is 11.1 Å². The Morgan fingerprint density at radius 1 is 1.09 bits per heavy atom. The Bertz CT molecular complexity index is 1190. The monoisotopic (exact) mass is 443 g/mol. The Hall–Kier alpha value is -3.45. The molecule has 0 aliphatic carbocycles. The molecule has 0 radical (unpaired) electrons. The fourth-order valence-electron chi connectivity index (χ4n) is 4.53. The first-order chi connectivity index (χ1) is 16.1. The largest absolute Gasteiger partial charge is 0.457 e. The molecule has 1 amide bonds. The van der Waals surface area contributed by atoms with Crippen LogP contribution in [0.1, 0.15) is 25.3 Å². The van der Waals surface area contributed by atoms with Gasteiger partial charge in [0.25, 0.3) is 0 Å². The summed E-state index contributed by atoms with van der Waals surface area (Å²) in [5, 5.41) is 3.03. The van der Waals surface area contributed by atoms with E-state index in [9.17, 15) is 4.79 Å². The summed E-state index contributed by atoms with van der Waals surface area (Å²) in [6.45, 7) is 6.23. The maximum atomic E-state index is 11.2.